The molecule has 1 aromatic heterocycles. The Hall–Kier alpha value is -0.940. The van der Waals surface area contributed by atoms with Crippen LogP contribution in [0.1, 0.15) is 46.5 Å². The topological polar surface area (TPSA) is 41.0 Å². The molecule has 1 aliphatic rings. The maximum Gasteiger partial charge on any atom is 0.224 e. The van der Waals surface area contributed by atoms with Gasteiger partial charge in [0.2, 0.25) is 5.28 Å². The lowest BCUT2D eigenvalue weighted by molar-refractivity contribution is 0.0976. The zero-order chi connectivity index (χ0) is 15.5. The standard InChI is InChI=1S/C15H24ClFN4/c1-4-11-6-5-9-21(11)15(2,3)7-8-18-13-12(17)10-19-14(16)20-13/h10-11H,4-9H2,1-3H3,(H,18,19,20)/t11-/m0/s1. The van der Waals surface area contributed by atoms with Gasteiger partial charge in [-0.3, -0.25) is 4.90 Å². The van der Waals surface area contributed by atoms with Gasteiger partial charge in [0.15, 0.2) is 11.6 Å². The number of aromatic nitrogens is 2. The Balaban J connectivity index is 1.91. The lowest BCUT2D eigenvalue weighted by Crippen LogP contribution is -2.47. The average molecular weight is 315 g/mol. The van der Waals surface area contributed by atoms with E-state index in [0.29, 0.717) is 12.6 Å². The summed E-state index contributed by atoms with van der Waals surface area (Å²) in [5.74, 6) is -0.288. The monoisotopic (exact) mass is 314 g/mol. The zero-order valence-corrected chi connectivity index (χ0v) is 13.8. The van der Waals surface area contributed by atoms with Gasteiger partial charge in [0, 0.05) is 18.1 Å². The fourth-order valence-electron chi connectivity index (χ4n) is 3.16. The highest BCUT2D eigenvalue weighted by molar-refractivity contribution is 6.28. The molecule has 0 unspecified atom stereocenters. The Bertz CT molecular complexity index is 481. The maximum atomic E-state index is 13.6. The Morgan fingerprint density at radius 2 is 2.29 bits per heavy atom. The molecule has 0 spiro atoms. The van der Waals surface area contributed by atoms with Crippen molar-refractivity contribution in [3.8, 4) is 0 Å². The van der Waals surface area contributed by atoms with Gasteiger partial charge >= 0.3 is 0 Å². The van der Waals surface area contributed by atoms with Crippen molar-refractivity contribution in [2.45, 2.75) is 58.0 Å². The summed E-state index contributed by atoms with van der Waals surface area (Å²) in [6, 6.07) is 0.672. The molecule has 6 heteroatoms. The molecule has 1 fully saturated rings. The first kappa shape index (κ1) is 16.4. The minimum Gasteiger partial charge on any atom is -0.367 e. The number of nitrogens with one attached hydrogen (secondary N) is 1. The van der Waals surface area contributed by atoms with E-state index in [9.17, 15) is 4.39 Å². The first-order valence-corrected chi connectivity index (χ1v) is 8.00. The minimum atomic E-state index is -0.468. The Kier molecular flexibility index (Phi) is 5.38. The Morgan fingerprint density at radius 1 is 1.52 bits per heavy atom. The summed E-state index contributed by atoms with van der Waals surface area (Å²) < 4.78 is 13.6. The molecular formula is C15H24ClFN4. The first-order chi connectivity index (χ1) is 9.94. The number of halogens is 2. The van der Waals surface area contributed by atoms with E-state index >= 15 is 0 Å². The summed E-state index contributed by atoms with van der Waals surface area (Å²) in [4.78, 5) is 10.1. The number of anilines is 1. The quantitative estimate of drug-likeness (QED) is 0.812. The largest absolute Gasteiger partial charge is 0.367 e. The van der Waals surface area contributed by atoms with E-state index in [0.717, 1.165) is 19.2 Å². The zero-order valence-electron chi connectivity index (χ0n) is 13.0. The maximum absolute atomic E-state index is 13.6. The SMILES string of the molecule is CC[C@H]1CCCN1C(C)(C)CCNc1nc(Cl)ncc1F. The molecule has 1 N–H and O–H groups in total. The van der Waals surface area contributed by atoms with E-state index in [1.165, 1.54) is 19.3 Å². The van der Waals surface area contributed by atoms with Gasteiger partial charge in [0.25, 0.3) is 0 Å². The molecule has 0 aliphatic carbocycles. The van der Waals surface area contributed by atoms with E-state index in [1.807, 2.05) is 0 Å². The van der Waals surface area contributed by atoms with Crippen LogP contribution in [0.2, 0.25) is 5.28 Å². The van der Waals surface area contributed by atoms with Gasteiger partial charge in [-0.05, 0) is 57.7 Å². The van der Waals surface area contributed by atoms with E-state index < -0.39 is 5.82 Å². The van der Waals surface area contributed by atoms with E-state index in [2.05, 4.69) is 41.0 Å². The second-order valence-corrected chi connectivity index (χ2v) is 6.56. The smallest absolute Gasteiger partial charge is 0.224 e. The third-order valence-electron chi connectivity index (χ3n) is 4.37. The third-order valence-corrected chi connectivity index (χ3v) is 4.55. The molecule has 0 radical (unpaired) electrons. The lowest BCUT2D eigenvalue weighted by atomic mass is 9.96. The van der Waals surface area contributed by atoms with Crippen LogP contribution in [-0.2, 0) is 0 Å². The molecule has 2 rings (SSSR count). The van der Waals surface area contributed by atoms with Gasteiger partial charge in [0.05, 0.1) is 6.20 Å². The predicted molar refractivity (Wildman–Crippen MR) is 84.2 cm³/mol. The lowest BCUT2D eigenvalue weighted by Gasteiger charge is -2.40. The number of hydrogen-bond acceptors (Lipinski definition) is 4. The molecular weight excluding hydrogens is 291 g/mol. The molecule has 118 valence electrons. The number of nitrogens with zero attached hydrogens (tertiary/aromatic N) is 3. The van der Waals surface area contributed by atoms with Crippen LogP contribution in [0.4, 0.5) is 10.2 Å². The molecule has 0 bridgehead atoms. The predicted octanol–water partition coefficient (Wildman–Crippen LogP) is 3.72. The first-order valence-electron chi connectivity index (χ1n) is 7.62. The van der Waals surface area contributed by atoms with E-state index in [-0.39, 0.29) is 16.6 Å². The van der Waals surface area contributed by atoms with Crippen LogP contribution >= 0.6 is 11.6 Å². The molecule has 1 saturated heterocycles. The van der Waals surface area contributed by atoms with Crippen LogP contribution < -0.4 is 5.32 Å². The van der Waals surface area contributed by atoms with Crippen LogP contribution in [0.5, 0.6) is 0 Å². The number of likely N-dealkylation sites (tertiary alicyclic amines) is 1. The van der Waals surface area contributed by atoms with Crippen molar-refractivity contribution in [3.05, 3.63) is 17.3 Å². The normalized spacial score (nSPS) is 20.0. The fourth-order valence-corrected chi connectivity index (χ4v) is 3.29. The van der Waals surface area contributed by atoms with Crippen molar-refractivity contribution in [2.24, 2.45) is 0 Å². The third kappa shape index (κ3) is 4.04. The van der Waals surface area contributed by atoms with Crippen molar-refractivity contribution in [3.63, 3.8) is 0 Å². The molecule has 1 aliphatic heterocycles. The summed E-state index contributed by atoms with van der Waals surface area (Å²) >= 11 is 5.69. The molecule has 4 nitrogen and oxygen atoms in total. The van der Waals surface area contributed by atoms with Gasteiger partial charge in [-0.2, -0.15) is 4.98 Å². The van der Waals surface area contributed by atoms with Crippen molar-refractivity contribution in [1.82, 2.24) is 14.9 Å². The van der Waals surface area contributed by atoms with Crippen molar-refractivity contribution in [1.29, 1.82) is 0 Å². The van der Waals surface area contributed by atoms with Gasteiger partial charge in [-0.1, -0.05) is 6.92 Å². The van der Waals surface area contributed by atoms with Crippen molar-refractivity contribution < 1.29 is 4.39 Å². The fraction of sp³-hybridized carbons (Fsp3) is 0.733. The van der Waals surface area contributed by atoms with Gasteiger partial charge in [-0.15, -0.1) is 0 Å². The van der Waals surface area contributed by atoms with E-state index in [1.54, 1.807) is 0 Å². The molecule has 21 heavy (non-hydrogen) atoms. The van der Waals surface area contributed by atoms with Gasteiger partial charge < -0.3 is 5.32 Å². The molecule has 1 aromatic rings. The highest BCUT2D eigenvalue weighted by atomic mass is 35.5. The van der Waals surface area contributed by atoms with Crippen LogP contribution in [-0.4, -0.2) is 39.5 Å². The molecule has 0 saturated carbocycles. The molecule has 1 atom stereocenters. The second-order valence-electron chi connectivity index (χ2n) is 6.22. The Morgan fingerprint density at radius 3 is 3.00 bits per heavy atom. The minimum absolute atomic E-state index is 0.0590. The average Bonchev–Trinajstić information content (AvgIpc) is 2.92. The highest BCUT2D eigenvalue weighted by Crippen LogP contribution is 2.30. The van der Waals surface area contributed by atoms with Gasteiger partial charge in [0.1, 0.15) is 0 Å². The summed E-state index contributed by atoms with van der Waals surface area (Å²) in [5, 5.41) is 3.09. The highest BCUT2D eigenvalue weighted by Gasteiger charge is 2.34. The van der Waals surface area contributed by atoms with Crippen LogP contribution in [0.3, 0.4) is 0 Å². The van der Waals surface area contributed by atoms with Gasteiger partial charge in [-0.25, -0.2) is 9.37 Å². The van der Waals surface area contributed by atoms with Crippen LogP contribution in [0, 0.1) is 5.82 Å². The molecule has 0 amide bonds. The van der Waals surface area contributed by atoms with Crippen LogP contribution in [0.25, 0.3) is 0 Å². The Labute approximate surface area is 131 Å². The van der Waals surface area contributed by atoms with Crippen molar-refractivity contribution in [2.75, 3.05) is 18.4 Å². The van der Waals surface area contributed by atoms with Crippen molar-refractivity contribution >= 4 is 17.4 Å². The van der Waals surface area contributed by atoms with E-state index in [4.69, 9.17) is 11.6 Å². The second kappa shape index (κ2) is 6.88. The summed E-state index contributed by atoms with van der Waals surface area (Å²) in [7, 11) is 0. The summed E-state index contributed by atoms with van der Waals surface area (Å²) in [6.07, 6.45) is 5.75. The number of hydrogen-bond donors (Lipinski definition) is 1. The molecule has 2 heterocycles. The summed E-state index contributed by atoms with van der Waals surface area (Å²) in [5.41, 5.74) is 0.0947. The number of rotatable bonds is 6. The summed E-state index contributed by atoms with van der Waals surface area (Å²) in [6.45, 7) is 8.57. The molecule has 0 aromatic carbocycles. The van der Waals surface area contributed by atoms with Crippen LogP contribution in [0.15, 0.2) is 6.20 Å².